The fourth-order valence-corrected chi connectivity index (χ4v) is 2.40. The van der Waals surface area contributed by atoms with Crippen molar-refractivity contribution in [3.05, 3.63) is 52.8 Å². The van der Waals surface area contributed by atoms with E-state index in [0.29, 0.717) is 0 Å². The van der Waals surface area contributed by atoms with Crippen molar-refractivity contribution < 1.29 is 0 Å². The van der Waals surface area contributed by atoms with Gasteiger partial charge in [0, 0.05) is 13.2 Å². The molecule has 2 rings (SSSR count). The van der Waals surface area contributed by atoms with Gasteiger partial charge in [-0.3, -0.25) is 4.68 Å². The summed E-state index contributed by atoms with van der Waals surface area (Å²) in [6, 6.07) is 8.94. The van der Waals surface area contributed by atoms with Gasteiger partial charge in [-0.1, -0.05) is 30.7 Å². The Kier molecular flexibility index (Phi) is 4.38. The molecule has 0 fully saturated rings. The summed E-state index contributed by atoms with van der Waals surface area (Å²) in [7, 11) is 2.00. The van der Waals surface area contributed by atoms with Gasteiger partial charge in [-0.25, -0.2) is 0 Å². The molecule has 0 amide bonds. The topological polar surface area (TPSA) is 29.9 Å². The minimum absolute atomic E-state index is 0.215. The number of aromatic nitrogens is 2. The van der Waals surface area contributed by atoms with Gasteiger partial charge in [0.15, 0.2) is 0 Å². The third kappa shape index (κ3) is 3.04. The quantitative estimate of drug-likeness (QED) is 0.892. The zero-order chi connectivity index (χ0) is 13.8. The molecule has 1 aromatic heterocycles. The van der Waals surface area contributed by atoms with Gasteiger partial charge in [0.25, 0.3) is 0 Å². The molecule has 102 valence electrons. The number of nitrogens with zero attached hydrogens (tertiary/aromatic N) is 2. The summed E-state index contributed by atoms with van der Waals surface area (Å²) in [5.41, 5.74) is 5.17. The molecular formula is C16H23N3. The van der Waals surface area contributed by atoms with Crippen molar-refractivity contribution in [3.63, 3.8) is 0 Å². The predicted octanol–water partition coefficient (Wildman–Crippen LogP) is 3.13. The van der Waals surface area contributed by atoms with Crippen LogP contribution in [0.25, 0.3) is 0 Å². The molecule has 0 saturated heterocycles. The minimum Gasteiger partial charge on any atom is -0.305 e. The van der Waals surface area contributed by atoms with E-state index in [9.17, 15) is 0 Å². The Bertz CT molecular complexity index is 543. The minimum atomic E-state index is 0.215. The van der Waals surface area contributed by atoms with E-state index in [4.69, 9.17) is 0 Å². The van der Waals surface area contributed by atoms with Crippen molar-refractivity contribution >= 4 is 0 Å². The molecule has 0 aliphatic carbocycles. The van der Waals surface area contributed by atoms with Crippen molar-refractivity contribution in [2.24, 2.45) is 7.05 Å². The molecule has 3 nitrogen and oxygen atoms in total. The SMILES string of the molecule is CCCNC(c1cc(C)ccc1C)c1ccnn1C. The normalized spacial score (nSPS) is 12.6. The fraction of sp³-hybridized carbons (Fsp3) is 0.438. The first-order valence-electron chi connectivity index (χ1n) is 6.92. The second kappa shape index (κ2) is 6.02. The Hall–Kier alpha value is -1.61. The summed E-state index contributed by atoms with van der Waals surface area (Å²) in [5, 5.41) is 7.94. The third-order valence-corrected chi connectivity index (χ3v) is 3.50. The molecular weight excluding hydrogens is 234 g/mol. The maximum absolute atomic E-state index is 4.30. The van der Waals surface area contributed by atoms with E-state index in [0.717, 1.165) is 13.0 Å². The summed E-state index contributed by atoms with van der Waals surface area (Å²) in [6.07, 6.45) is 2.99. The molecule has 0 aliphatic rings. The number of hydrogen-bond donors (Lipinski definition) is 1. The molecule has 3 heteroatoms. The molecule has 0 bridgehead atoms. The first-order chi connectivity index (χ1) is 9.13. The summed E-state index contributed by atoms with van der Waals surface area (Å²) in [4.78, 5) is 0. The molecule has 0 radical (unpaired) electrons. The number of aryl methyl sites for hydroxylation is 3. The van der Waals surface area contributed by atoms with Gasteiger partial charge < -0.3 is 5.32 Å². The number of benzene rings is 1. The van der Waals surface area contributed by atoms with Crippen LogP contribution in [0.2, 0.25) is 0 Å². The Morgan fingerprint density at radius 2 is 2.05 bits per heavy atom. The van der Waals surface area contributed by atoms with E-state index in [2.05, 4.69) is 55.5 Å². The highest BCUT2D eigenvalue weighted by Crippen LogP contribution is 2.25. The molecule has 19 heavy (non-hydrogen) atoms. The van der Waals surface area contributed by atoms with Crippen molar-refractivity contribution in [2.45, 2.75) is 33.2 Å². The van der Waals surface area contributed by atoms with Crippen molar-refractivity contribution in [3.8, 4) is 0 Å². The molecule has 1 heterocycles. The zero-order valence-corrected chi connectivity index (χ0v) is 12.3. The Labute approximate surface area is 115 Å². The summed E-state index contributed by atoms with van der Waals surface area (Å²) in [6.45, 7) is 7.51. The lowest BCUT2D eigenvalue weighted by molar-refractivity contribution is 0.551. The lowest BCUT2D eigenvalue weighted by Crippen LogP contribution is -2.26. The summed E-state index contributed by atoms with van der Waals surface area (Å²) < 4.78 is 1.95. The van der Waals surface area contributed by atoms with Crippen LogP contribution < -0.4 is 5.32 Å². The maximum Gasteiger partial charge on any atom is 0.0750 e. The van der Waals surface area contributed by atoms with Crippen LogP contribution in [0, 0.1) is 13.8 Å². The number of rotatable bonds is 5. The van der Waals surface area contributed by atoms with Crippen LogP contribution in [0.1, 0.15) is 41.8 Å². The van der Waals surface area contributed by atoms with Gasteiger partial charge in [0.05, 0.1) is 11.7 Å². The van der Waals surface area contributed by atoms with Crippen LogP contribution in [-0.4, -0.2) is 16.3 Å². The molecule has 0 saturated carbocycles. The van der Waals surface area contributed by atoms with E-state index < -0.39 is 0 Å². The molecule has 1 N–H and O–H groups in total. The lowest BCUT2D eigenvalue weighted by atomic mass is 9.96. The van der Waals surface area contributed by atoms with Gasteiger partial charge in [0.2, 0.25) is 0 Å². The summed E-state index contributed by atoms with van der Waals surface area (Å²) in [5.74, 6) is 0. The molecule has 0 spiro atoms. The van der Waals surface area contributed by atoms with Crippen LogP contribution in [0.5, 0.6) is 0 Å². The van der Waals surface area contributed by atoms with E-state index in [1.807, 2.05) is 17.9 Å². The third-order valence-electron chi connectivity index (χ3n) is 3.50. The van der Waals surface area contributed by atoms with Gasteiger partial charge in [-0.05, 0) is 44.0 Å². The lowest BCUT2D eigenvalue weighted by Gasteiger charge is -2.21. The average molecular weight is 257 g/mol. The van der Waals surface area contributed by atoms with Crippen LogP contribution in [0.4, 0.5) is 0 Å². The Morgan fingerprint density at radius 1 is 1.26 bits per heavy atom. The molecule has 1 aromatic carbocycles. The monoisotopic (exact) mass is 257 g/mol. The van der Waals surface area contributed by atoms with Crippen molar-refractivity contribution in [1.82, 2.24) is 15.1 Å². The van der Waals surface area contributed by atoms with Crippen LogP contribution in [0.3, 0.4) is 0 Å². The largest absolute Gasteiger partial charge is 0.305 e. The average Bonchev–Trinajstić information content (AvgIpc) is 2.80. The van der Waals surface area contributed by atoms with Gasteiger partial charge >= 0.3 is 0 Å². The Morgan fingerprint density at radius 3 is 2.68 bits per heavy atom. The predicted molar refractivity (Wildman–Crippen MR) is 79.3 cm³/mol. The smallest absolute Gasteiger partial charge is 0.0750 e. The van der Waals surface area contributed by atoms with Crippen LogP contribution >= 0.6 is 0 Å². The molecule has 2 aromatic rings. The van der Waals surface area contributed by atoms with Gasteiger partial charge in [-0.15, -0.1) is 0 Å². The van der Waals surface area contributed by atoms with Gasteiger partial charge in [-0.2, -0.15) is 5.10 Å². The summed E-state index contributed by atoms with van der Waals surface area (Å²) >= 11 is 0. The van der Waals surface area contributed by atoms with E-state index in [-0.39, 0.29) is 6.04 Å². The first-order valence-corrected chi connectivity index (χ1v) is 6.92. The highest BCUT2D eigenvalue weighted by Gasteiger charge is 2.18. The van der Waals surface area contributed by atoms with Gasteiger partial charge in [0.1, 0.15) is 0 Å². The van der Waals surface area contributed by atoms with E-state index >= 15 is 0 Å². The number of hydrogen-bond acceptors (Lipinski definition) is 2. The van der Waals surface area contributed by atoms with Crippen LogP contribution in [-0.2, 0) is 7.05 Å². The molecule has 0 aliphatic heterocycles. The Balaban J connectivity index is 2.42. The molecule has 1 unspecified atom stereocenters. The zero-order valence-electron chi connectivity index (χ0n) is 12.3. The standard InChI is InChI=1S/C16H23N3/c1-5-9-17-16(15-8-10-18-19(15)4)14-11-12(2)6-7-13(14)3/h6-8,10-11,16-17H,5,9H2,1-4H3. The maximum atomic E-state index is 4.30. The van der Waals surface area contributed by atoms with E-state index in [1.54, 1.807) is 0 Å². The van der Waals surface area contributed by atoms with Crippen LogP contribution in [0.15, 0.2) is 30.5 Å². The highest BCUT2D eigenvalue weighted by molar-refractivity contribution is 5.37. The van der Waals surface area contributed by atoms with Crippen molar-refractivity contribution in [2.75, 3.05) is 6.54 Å². The second-order valence-corrected chi connectivity index (χ2v) is 5.13. The molecule has 1 atom stereocenters. The number of nitrogens with one attached hydrogen (secondary N) is 1. The second-order valence-electron chi connectivity index (χ2n) is 5.13. The van der Waals surface area contributed by atoms with Crippen molar-refractivity contribution in [1.29, 1.82) is 0 Å². The highest BCUT2D eigenvalue weighted by atomic mass is 15.3. The van der Waals surface area contributed by atoms with E-state index in [1.165, 1.54) is 22.4 Å². The first kappa shape index (κ1) is 13.8. The fourth-order valence-electron chi connectivity index (χ4n) is 2.40.